The van der Waals surface area contributed by atoms with Crippen molar-refractivity contribution < 1.29 is 28.7 Å². The molecule has 50 heavy (non-hydrogen) atoms. The predicted molar refractivity (Wildman–Crippen MR) is 188 cm³/mol. The lowest BCUT2D eigenvalue weighted by atomic mass is 10.0. The van der Waals surface area contributed by atoms with Crippen molar-refractivity contribution >= 4 is 56.7 Å². The molecule has 2 N–H and O–H groups in total. The molecule has 0 aliphatic carbocycles. The van der Waals surface area contributed by atoms with Gasteiger partial charge >= 0.3 is 0 Å². The maximum absolute atomic E-state index is 12.9. The van der Waals surface area contributed by atoms with Gasteiger partial charge < -0.3 is 24.6 Å². The molecule has 0 spiro atoms. The lowest BCUT2D eigenvalue weighted by Crippen LogP contribution is -2.52. The molecule has 7 rings (SSSR count). The minimum Gasteiger partial charge on any atom is -0.491 e. The van der Waals surface area contributed by atoms with Crippen molar-refractivity contribution in [3.8, 4) is 27.6 Å². The molecule has 3 aromatic heterocycles. The van der Waals surface area contributed by atoms with E-state index in [2.05, 4.69) is 20.6 Å². The highest BCUT2D eigenvalue weighted by atomic mass is 32.1. The Labute approximate surface area is 291 Å². The Balaban J connectivity index is 0.871. The monoisotopic (exact) mass is 691 g/mol. The maximum atomic E-state index is 12.9. The van der Waals surface area contributed by atoms with Crippen LogP contribution in [0.5, 0.6) is 5.75 Å². The summed E-state index contributed by atoms with van der Waals surface area (Å²) in [6, 6.07) is 17.9. The van der Waals surface area contributed by atoms with Crippen LogP contribution in [0.4, 0.5) is 11.5 Å². The van der Waals surface area contributed by atoms with E-state index in [4.69, 9.17) is 14.5 Å². The third-order valence-corrected chi connectivity index (χ3v) is 9.46. The molecule has 0 saturated carbocycles. The first-order chi connectivity index (χ1) is 24.2. The van der Waals surface area contributed by atoms with Crippen molar-refractivity contribution in [2.24, 2.45) is 0 Å². The highest BCUT2D eigenvalue weighted by Crippen LogP contribution is 2.33. The smallest absolute Gasteiger partial charge is 0.255 e. The average Bonchev–Trinajstić information content (AvgIpc) is 3.68. The summed E-state index contributed by atoms with van der Waals surface area (Å²) in [5.74, 6) is 0.134. The summed E-state index contributed by atoms with van der Waals surface area (Å²) in [6.45, 7) is 0.488. The molecule has 1 saturated heterocycles. The van der Waals surface area contributed by atoms with E-state index in [1.807, 2.05) is 73.9 Å². The van der Waals surface area contributed by atoms with Gasteiger partial charge in [-0.25, -0.2) is 9.97 Å². The van der Waals surface area contributed by atoms with Gasteiger partial charge in [0.1, 0.15) is 35.8 Å². The van der Waals surface area contributed by atoms with Crippen LogP contribution in [0.3, 0.4) is 0 Å². The van der Waals surface area contributed by atoms with Gasteiger partial charge in [0.15, 0.2) is 0 Å². The van der Waals surface area contributed by atoms with Gasteiger partial charge in [-0.15, -0.1) is 11.3 Å². The largest absolute Gasteiger partial charge is 0.491 e. The number of ether oxygens (including phenoxy) is 2. The number of amides is 4. The first-order valence-electron chi connectivity index (χ1n) is 16.0. The molecule has 254 valence electrons. The molecule has 0 radical (unpaired) electrons. The lowest BCUT2D eigenvalue weighted by molar-refractivity contribution is -0.137. The van der Waals surface area contributed by atoms with Gasteiger partial charge in [-0.2, -0.15) is 0 Å². The SMILES string of the molecule is CN(C)c1ccc(-c2ccc(-c3nc4ccc(OCCOCC(=O)Nc5ccc6c(c5)CN(C5CCC(=O)NC5=O)C6=O)cc4s3)nc2)cn1. The van der Waals surface area contributed by atoms with Crippen molar-refractivity contribution in [1.29, 1.82) is 0 Å². The molecular weight excluding hydrogens is 659 g/mol. The van der Waals surface area contributed by atoms with Crippen molar-refractivity contribution in [2.75, 3.05) is 44.1 Å². The van der Waals surface area contributed by atoms with E-state index in [1.165, 1.54) is 16.2 Å². The Morgan fingerprint density at radius 2 is 1.82 bits per heavy atom. The van der Waals surface area contributed by atoms with Gasteiger partial charge in [-0.3, -0.25) is 29.5 Å². The van der Waals surface area contributed by atoms with Gasteiger partial charge in [0, 0.05) is 61.8 Å². The third-order valence-electron chi connectivity index (χ3n) is 8.42. The van der Waals surface area contributed by atoms with Crippen LogP contribution in [0.1, 0.15) is 28.8 Å². The van der Waals surface area contributed by atoms with Crippen LogP contribution in [0.2, 0.25) is 0 Å². The number of carbonyl (C=O) groups excluding carboxylic acids is 4. The first kappa shape index (κ1) is 32.8. The number of rotatable bonds is 11. The number of pyridine rings is 2. The third kappa shape index (κ3) is 7.02. The fourth-order valence-electron chi connectivity index (χ4n) is 5.85. The normalized spacial score (nSPS) is 15.6. The molecule has 4 amide bonds. The molecule has 1 unspecified atom stereocenters. The van der Waals surface area contributed by atoms with E-state index in [-0.39, 0.29) is 56.9 Å². The Kier molecular flexibility index (Phi) is 9.19. The zero-order chi connectivity index (χ0) is 34.8. The minimum absolute atomic E-state index is 0.178. The van der Waals surface area contributed by atoms with E-state index in [0.717, 1.165) is 37.9 Å². The summed E-state index contributed by atoms with van der Waals surface area (Å²) in [5, 5.41) is 5.88. The molecule has 1 fully saturated rings. The van der Waals surface area contributed by atoms with Crippen molar-refractivity contribution in [3.05, 3.63) is 84.2 Å². The number of aromatic nitrogens is 3. The summed E-state index contributed by atoms with van der Waals surface area (Å²) >= 11 is 1.53. The van der Waals surface area contributed by atoms with Crippen LogP contribution >= 0.6 is 11.3 Å². The highest BCUT2D eigenvalue weighted by molar-refractivity contribution is 7.21. The molecule has 5 heterocycles. The number of nitrogens with one attached hydrogen (secondary N) is 2. The Hall–Kier alpha value is -5.73. The zero-order valence-electron chi connectivity index (χ0n) is 27.3. The molecule has 13 nitrogen and oxygen atoms in total. The van der Waals surface area contributed by atoms with Crippen LogP contribution in [-0.2, 0) is 25.7 Å². The fraction of sp³-hybridized carbons (Fsp3) is 0.250. The Morgan fingerprint density at radius 1 is 1.00 bits per heavy atom. The summed E-state index contributed by atoms with van der Waals surface area (Å²) in [5.41, 5.74) is 5.28. The van der Waals surface area contributed by atoms with E-state index < -0.39 is 11.9 Å². The molecule has 5 aromatic rings. The number of hydrogen-bond acceptors (Lipinski definition) is 11. The highest BCUT2D eigenvalue weighted by Gasteiger charge is 2.39. The van der Waals surface area contributed by atoms with E-state index in [0.29, 0.717) is 22.6 Å². The van der Waals surface area contributed by atoms with Crippen LogP contribution < -0.4 is 20.3 Å². The number of fused-ring (bicyclic) bond motifs is 2. The predicted octanol–water partition coefficient (Wildman–Crippen LogP) is 4.28. The summed E-state index contributed by atoms with van der Waals surface area (Å²) < 4.78 is 12.4. The minimum atomic E-state index is -0.695. The Bertz CT molecular complexity index is 2100. The van der Waals surface area contributed by atoms with Gasteiger partial charge in [-0.1, -0.05) is 6.07 Å². The van der Waals surface area contributed by atoms with Crippen LogP contribution in [0.15, 0.2) is 73.1 Å². The number of thiazole rings is 1. The summed E-state index contributed by atoms with van der Waals surface area (Å²) in [4.78, 5) is 66.5. The van der Waals surface area contributed by atoms with Gasteiger partial charge in [0.25, 0.3) is 5.91 Å². The van der Waals surface area contributed by atoms with Crippen LogP contribution in [0, 0.1) is 0 Å². The summed E-state index contributed by atoms with van der Waals surface area (Å²) in [6.07, 6.45) is 4.14. The van der Waals surface area contributed by atoms with Gasteiger partial charge in [-0.05, 0) is 66.6 Å². The number of hydrogen-bond donors (Lipinski definition) is 2. The van der Waals surface area contributed by atoms with Crippen LogP contribution in [0.25, 0.3) is 32.0 Å². The molecule has 2 aromatic carbocycles. The zero-order valence-corrected chi connectivity index (χ0v) is 28.2. The molecule has 1 atom stereocenters. The topological polar surface area (TPSA) is 156 Å². The second kappa shape index (κ2) is 14.0. The molecule has 0 bridgehead atoms. The van der Waals surface area contributed by atoms with Crippen molar-refractivity contribution in [2.45, 2.75) is 25.4 Å². The molecule has 2 aliphatic heterocycles. The lowest BCUT2D eigenvalue weighted by Gasteiger charge is -2.29. The van der Waals surface area contributed by atoms with Crippen LogP contribution in [-0.4, -0.2) is 83.4 Å². The number of imide groups is 1. The number of nitrogens with zero attached hydrogens (tertiary/aromatic N) is 5. The van der Waals surface area contributed by atoms with Gasteiger partial charge in [0.2, 0.25) is 17.7 Å². The maximum Gasteiger partial charge on any atom is 0.255 e. The van der Waals surface area contributed by atoms with E-state index in [9.17, 15) is 19.2 Å². The Morgan fingerprint density at radius 3 is 2.56 bits per heavy atom. The summed E-state index contributed by atoms with van der Waals surface area (Å²) in [7, 11) is 3.91. The second-order valence-corrected chi connectivity index (χ2v) is 13.1. The van der Waals surface area contributed by atoms with Crippen molar-refractivity contribution in [3.63, 3.8) is 0 Å². The van der Waals surface area contributed by atoms with E-state index in [1.54, 1.807) is 18.2 Å². The van der Waals surface area contributed by atoms with Crippen molar-refractivity contribution in [1.82, 2.24) is 25.2 Å². The van der Waals surface area contributed by atoms with E-state index >= 15 is 0 Å². The van der Waals surface area contributed by atoms with Gasteiger partial charge in [0.05, 0.1) is 22.5 Å². The number of carbonyl (C=O) groups is 4. The molecule has 14 heteroatoms. The average molecular weight is 692 g/mol. The number of benzene rings is 2. The molecular formula is C36H33N7O6S. The second-order valence-electron chi connectivity index (χ2n) is 12.1. The first-order valence-corrected chi connectivity index (χ1v) is 16.8. The quantitative estimate of drug-likeness (QED) is 0.151. The fourth-order valence-corrected chi connectivity index (χ4v) is 6.82. The number of anilines is 2. The molecule has 2 aliphatic rings. The standard InChI is InChI=1S/C36H33N7O6S/c1-42(2)31-11-4-22(18-38-31)21-3-8-28(37-17-21)35-40-27-9-6-25(16-30(27)50-35)49-14-13-48-20-33(45)39-24-5-7-26-23(15-24)19-43(36(26)47)29-10-12-32(44)41-34(29)46/h3-9,11,15-18,29H,10,12-14,19-20H2,1-2H3,(H,39,45)(H,41,44,46). The number of piperidine rings is 1.